The maximum atomic E-state index is 11.4. The van der Waals surface area contributed by atoms with Crippen molar-refractivity contribution in [1.82, 2.24) is 4.98 Å². The Bertz CT molecular complexity index is 509. The highest BCUT2D eigenvalue weighted by Gasteiger charge is 2.45. The molecule has 0 saturated heterocycles. The van der Waals surface area contributed by atoms with Gasteiger partial charge in [0.2, 0.25) is 0 Å². The lowest BCUT2D eigenvalue weighted by Crippen LogP contribution is -2.40. The van der Waals surface area contributed by atoms with Crippen molar-refractivity contribution in [3.05, 3.63) is 24.0 Å². The van der Waals surface area contributed by atoms with Gasteiger partial charge in [-0.05, 0) is 31.9 Å². The minimum Gasteiger partial charge on any atom is -0.481 e. The summed E-state index contributed by atoms with van der Waals surface area (Å²) >= 11 is 0. The fourth-order valence-corrected chi connectivity index (χ4v) is 2.45. The van der Waals surface area contributed by atoms with Crippen molar-refractivity contribution < 1.29 is 9.90 Å². The molecule has 0 spiro atoms. The second-order valence-corrected chi connectivity index (χ2v) is 4.82. The number of aromatic nitrogens is 1. The summed E-state index contributed by atoms with van der Waals surface area (Å²) in [5.74, 6) is -0.792. The molecule has 1 aliphatic carbocycles. The number of nitrogens with one attached hydrogen (secondary N) is 1. The Balaban J connectivity index is 2.24. The zero-order valence-corrected chi connectivity index (χ0v) is 10.2. The van der Waals surface area contributed by atoms with Crippen LogP contribution < -0.4 is 5.32 Å². The molecule has 2 rings (SSSR count). The van der Waals surface area contributed by atoms with Gasteiger partial charge < -0.3 is 10.4 Å². The topological polar surface area (TPSA) is 86.0 Å². The van der Waals surface area contributed by atoms with Gasteiger partial charge in [0.05, 0.1) is 11.1 Å². The van der Waals surface area contributed by atoms with Crippen molar-refractivity contribution in [2.24, 2.45) is 5.41 Å². The highest BCUT2D eigenvalue weighted by atomic mass is 16.4. The summed E-state index contributed by atoms with van der Waals surface area (Å²) in [6.45, 7) is 1.75. The molecule has 0 aliphatic heterocycles. The van der Waals surface area contributed by atoms with Gasteiger partial charge in [-0.3, -0.25) is 4.79 Å². The summed E-state index contributed by atoms with van der Waals surface area (Å²) in [5, 5.41) is 21.5. The smallest absolute Gasteiger partial charge is 0.311 e. The van der Waals surface area contributed by atoms with Crippen LogP contribution in [0.25, 0.3) is 0 Å². The lowest BCUT2D eigenvalue weighted by Gasteiger charge is -2.28. The molecule has 2 unspecified atom stereocenters. The van der Waals surface area contributed by atoms with Gasteiger partial charge in [0.25, 0.3) is 0 Å². The number of rotatable bonds is 3. The van der Waals surface area contributed by atoms with Crippen LogP contribution in [-0.4, -0.2) is 22.1 Å². The Labute approximate surface area is 105 Å². The maximum Gasteiger partial charge on any atom is 0.311 e. The Morgan fingerprint density at radius 2 is 2.50 bits per heavy atom. The van der Waals surface area contributed by atoms with Gasteiger partial charge >= 0.3 is 5.97 Å². The average Bonchev–Trinajstić information content (AvgIpc) is 2.73. The van der Waals surface area contributed by atoms with E-state index in [2.05, 4.69) is 10.3 Å². The summed E-state index contributed by atoms with van der Waals surface area (Å²) in [5.41, 5.74) is 0.138. The number of aliphatic carboxylic acids is 1. The van der Waals surface area contributed by atoms with Gasteiger partial charge in [-0.25, -0.2) is 4.98 Å². The van der Waals surface area contributed by atoms with E-state index < -0.39 is 11.4 Å². The average molecular weight is 245 g/mol. The predicted molar refractivity (Wildman–Crippen MR) is 66.0 cm³/mol. The van der Waals surface area contributed by atoms with Crippen molar-refractivity contribution in [2.75, 3.05) is 5.32 Å². The number of anilines is 1. The normalized spacial score (nSPS) is 26.6. The Kier molecular flexibility index (Phi) is 3.19. The molecule has 0 amide bonds. The summed E-state index contributed by atoms with van der Waals surface area (Å²) in [6.07, 6.45) is 3.88. The molecule has 1 saturated carbocycles. The number of nitrogens with zero attached hydrogens (tertiary/aromatic N) is 2. The van der Waals surface area contributed by atoms with E-state index in [1.54, 1.807) is 25.3 Å². The van der Waals surface area contributed by atoms with Crippen LogP contribution in [0, 0.1) is 16.7 Å². The monoisotopic (exact) mass is 245 g/mol. The summed E-state index contributed by atoms with van der Waals surface area (Å²) in [6, 6.07) is 5.33. The fraction of sp³-hybridized carbons (Fsp3) is 0.462. The van der Waals surface area contributed by atoms with E-state index in [4.69, 9.17) is 5.26 Å². The van der Waals surface area contributed by atoms with Crippen LogP contribution >= 0.6 is 0 Å². The second-order valence-electron chi connectivity index (χ2n) is 4.82. The zero-order chi connectivity index (χ0) is 13.2. The van der Waals surface area contributed by atoms with Gasteiger partial charge in [-0.1, -0.05) is 6.42 Å². The van der Waals surface area contributed by atoms with E-state index in [1.165, 1.54) is 0 Å². The molecule has 2 N–H and O–H groups in total. The maximum absolute atomic E-state index is 11.4. The van der Waals surface area contributed by atoms with Crippen LogP contribution in [-0.2, 0) is 4.79 Å². The molecule has 18 heavy (non-hydrogen) atoms. The molecule has 1 fully saturated rings. The first-order valence-electron chi connectivity index (χ1n) is 5.93. The third-order valence-corrected chi connectivity index (χ3v) is 3.69. The van der Waals surface area contributed by atoms with Gasteiger partial charge in [0.15, 0.2) is 5.69 Å². The minimum atomic E-state index is -0.792. The number of nitriles is 1. The van der Waals surface area contributed by atoms with E-state index in [1.807, 2.05) is 6.07 Å². The first-order chi connectivity index (χ1) is 8.58. The number of carboxylic acid groups (broad SMARTS) is 1. The molecule has 0 radical (unpaired) electrons. The summed E-state index contributed by atoms with van der Waals surface area (Å²) in [7, 11) is 0. The highest BCUT2D eigenvalue weighted by Crippen LogP contribution is 2.40. The minimum absolute atomic E-state index is 0.161. The Morgan fingerprint density at radius 3 is 3.17 bits per heavy atom. The van der Waals surface area contributed by atoms with E-state index in [0.29, 0.717) is 17.8 Å². The lowest BCUT2D eigenvalue weighted by atomic mass is 9.85. The number of pyridine rings is 1. The van der Waals surface area contributed by atoms with Crippen LogP contribution in [0.5, 0.6) is 0 Å². The Hall–Kier alpha value is -2.09. The largest absolute Gasteiger partial charge is 0.481 e. The molecule has 0 bridgehead atoms. The first-order valence-corrected chi connectivity index (χ1v) is 5.93. The van der Waals surface area contributed by atoms with Crippen LogP contribution in [0.4, 0.5) is 5.69 Å². The van der Waals surface area contributed by atoms with Crippen LogP contribution in [0.3, 0.4) is 0 Å². The van der Waals surface area contributed by atoms with Crippen molar-refractivity contribution in [2.45, 2.75) is 32.2 Å². The number of hydrogen-bond acceptors (Lipinski definition) is 4. The standard InChI is InChI=1S/C13H15N3O2/c1-13(12(17)18)6-2-5-11(13)16-9-4-3-7-15-10(9)8-14/h3-4,7,11,16H,2,5-6H2,1H3,(H,17,18). The molecule has 1 aromatic heterocycles. The quantitative estimate of drug-likeness (QED) is 0.850. The fourth-order valence-electron chi connectivity index (χ4n) is 2.45. The predicted octanol–water partition coefficient (Wildman–Crippen LogP) is 2.01. The van der Waals surface area contributed by atoms with Crippen LogP contribution in [0.15, 0.2) is 18.3 Å². The lowest BCUT2D eigenvalue weighted by molar-refractivity contribution is -0.147. The van der Waals surface area contributed by atoms with Gasteiger partial charge in [-0.2, -0.15) is 5.26 Å². The highest BCUT2D eigenvalue weighted by molar-refractivity contribution is 5.76. The molecule has 5 nitrogen and oxygen atoms in total. The first kappa shape index (κ1) is 12.4. The molecule has 5 heteroatoms. The molecule has 2 atom stereocenters. The molecule has 1 aliphatic rings. The zero-order valence-electron chi connectivity index (χ0n) is 10.2. The summed E-state index contributed by atoms with van der Waals surface area (Å²) in [4.78, 5) is 15.3. The van der Waals surface area contributed by atoms with Crippen molar-refractivity contribution in [3.8, 4) is 6.07 Å². The van der Waals surface area contributed by atoms with E-state index >= 15 is 0 Å². The number of carbonyl (C=O) groups is 1. The molecular formula is C13H15N3O2. The van der Waals surface area contributed by atoms with Gasteiger partial charge in [0, 0.05) is 12.2 Å². The van der Waals surface area contributed by atoms with Crippen molar-refractivity contribution in [3.63, 3.8) is 0 Å². The van der Waals surface area contributed by atoms with Crippen molar-refractivity contribution >= 4 is 11.7 Å². The van der Waals surface area contributed by atoms with E-state index in [9.17, 15) is 9.90 Å². The SMILES string of the molecule is CC1(C(=O)O)CCCC1Nc1cccnc1C#N. The van der Waals surface area contributed by atoms with Crippen LogP contribution in [0.2, 0.25) is 0 Å². The van der Waals surface area contributed by atoms with Gasteiger partial charge in [0.1, 0.15) is 6.07 Å². The molecular weight excluding hydrogens is 230 g/mol. The molecule has 94 valence electrons. The number of carboxylic acids is 1. The van der Waals surface area contributed by atoms with Gasteiger partial charge in [-0.15, -0.1) is 0 Å². The molecule has 1 heterocycles. The molecule has 1 aromatic rings. The van der Waals surface area contributed by atoms with E-state index in [-0.39, 0.29) is 6.04 Å². The van der Waals surface area contributed by atoms with Crippen LogP contribution in [0.1, 0.15) is 31.9 Å². The number of hydrogen-bond donors (Lipinski definition) is 2. The van der Waals surface area contributed by atoms with Crippen molar-refractivity contribution in [1.29, 1.82) is 5.26 Å². The summed E-state index contributed by atoms with van der Waals surface area (Å²) < 4.78 is 0. The Morgan fingerprint density at radius 1 is 1.72 bits per heavy atom. The third-order valence-electron chi connectivity index (χ3n) is 3.69. The second kappa shape index (κ2) is 4.65. The molecule has 0 aromatic carbocycles. The van der Waals surface area contributed by atoms with E-state index in [0.717, 1.165) is 12.8 Å². The third kappa shape index (κ3) is 2.02.